The van der Waals surface area contributed by atoms with Crippen LogP contribution in [0.3, 0.4) is 0 Å². The number of anilines is 5. The molecule has 9 aromatic rings. The van der Waals surface area contributed by atoms with Crippen molar-refractivity contribution < 1.29 is 0 Å². The first-order valence-electron chi connectivity index (χ1n) is 20.9. The van der Waals surface area contributed by atoms with Gasteiger partial charge >= 0.3 is 0 Å². The molecule has 2 heteroatoms. The Labute approximate surface area is 345 Å². The van der Waals surface area contributed by atoms with Gasteiger partial charge in [0.2, 0.25) is 0 Å². The molecular formula is C57H42N2. The summed E-state index contributed by atoms with van der Waals surface area (Å²) in [6, 6.07) is 71.4. The Morgan fingerprint density at radius 1 is 0.492 bits per heavy atom. The lowest BCUT2D eigenvalue weighted by Gasteiger charge is -2.30. The third-order valence-corrected chi connectivity index (χ3v) is 13.4. The molecule has 0 amide bonds. The average Bonchev–Trinajstić information content (AvgIpc) is 3.74. The van der Waals surface area contributed by atoms with Crippen LogP contribution >= 0.6 is 0 Å². The predicted molar refractivity (Wildman–Crippen MR) is 249 cm³/mol. The van der Waals surface area contributed by atoms with Gasteiger partial charge in [0.15, 0.2) is 0 Å². The van der Waals surface area contributed by atoms with E-state index in [1.54, 1.807) is 0 Å². The maximum absolute atomic E-state index is 2.58. The molecule has 280 valence electrons. The molecular weight excluding hydrogens is 713 g/mol. The lowest BCUT2D eigenvalue weighted by molar-refractivity contribution is 0.646. The van der Waals surface area contributed by atoms with E-state index in [1.165, 1.54) is 88.4 Å². The van der Waals surface area contributed by atoms with Crippen LogP contribution in [0.1, 0.15) is 42.9 Å². The predicted octanol–water partition coefficient (Wildman–Crippen LogP) is 15.6. The van der Waals surface area contributed by atoms with E-state index in [0.29, 0.717) is 0 Å². The van der Waals surface area contributed by atoms with Crippen molar-refractivity contribution in [2.75, 3.05) is 9.80 Å². The molecule has 9 aromatic carbocycles. The molecule has 3 aliphatic rings. The van der Waals surface area contributed by atoms with E-state index in [0.717, 1.165) is 23.5 Å². The monoisotopic (exact) mass is 754 g/mol. The molecule has 0 spiro atoms. The van der Waals surface area contributed by atoms with Crippen molar-refractivity contribution in [3.63, 3.8) is 0 Å². The number of para-hydroxylation sites is 2. The number of rotatable bonds is 5. The minimum Gasteiger partial charge on any atom is -0.313 e. The van der Waals surface area contributed by atoms with Gasteiger partial charge < -0.3 is 9.80 Å². The molecule has 1 aliphatic heterocycles. The lowest BCUT2D eigenvalue weighted by atomic mass is 9.76. The van der Waals surface area contributed by atoms with E-state index in [9.17, 15) is 0 Å². The van der Waals surface area contributed by atoms with Crippen LogP contribution in [0, 0.1) is 0 Å². The fraction of sp³-hybridized carbons (Fsp3) is 0.0877. The van der Waals surface area contributed by atoms with Crippen molar-refractivity contribution in [3.05, 3.63) is 228 Å². The van der Waals surface area contributed by atoms with Crippen LogP contribution in [-0.4, -0.2) is 0 Å². The summed E-state index contributed by atoms with van der Waals surface area (Å²) in [6.07, 6.45) is 3.55. The highest BCUT2D eigenvalue weighted by Crippen LogP contribution is 2.61. The molecule has 0 radical (unpaired) electrons. The molecule has 2 aliphatic carbocycles. The highest BCUT2D eigenvalue weighted by Gasteiger charge is 2.45. The maximum atomic E-state index is 2.58. The van der Waals surface area contributed by atoms with Gasteiger partial charge in [0, 0.05) is 39.8 Å². The number of fused-ring (bicyclic) bond motifs is 12. The maximum Gasteiger partial charge on any atom is 0.0504 e. The summed E-state index contributed by atoms with van der Waals surface area (Å²) >= 11 is 0. The standard InChI is InChI=1S/C57H42N2/c1-57(2)51-24-14-13-22-46(51)49-35-50-54(36-52(49)57)59(53-34-33-48-45-21-10-9-19-43(45)44-20-11-12-23-47(44)55(48)56(50)53)42-31-27-38(28-32-42)37-25-29-41(30-26-37)58(39-15-5-3-6-16-39)40-17-7-4-8-18-40/h3-34,36,50H,35H2,1-2H3. The molecule has 0 N–H and O–H groups in total. The van der Waals surface area contributed by atoms with Gasteiger partial charge in [-0.15, -0.1) is 0 Å². The van der Waals surface area contributed by atoms with Crippen LogP contribution in [0.4, 0.5) is 28.4 Å². The number of benzene rings is 9. The summed E-state index contributed by atoms with van der Waals surface area (Å²) in [6.45, 7) is 4.82. The van der Waals surface area contributed by atoms with Gasteiger partial charge in [-0.3, -0.25) is 0 Å². The van der Waals surface area contributed by atoms with Gasteiger partial charge in [-0.2, -0.15) is 0 Å². The van der Waals surface area contributed by atoms with Crippen molar-refractivity contribution in [3.8, 4) is 11.1 Å². The lowest BCUT2D eigenvalue weighted by Crippen LogP contribution is -2.21. The summed E-state index contributed by atoms with van der Waals surface area (Å²) in [5.41, 5.74) is 16.9. The third-order valence-electron chi connectivity index (χ3n) is 13.4. The smallest absolute Gasteiger partial charge is 0.0504 e. The molecule has 12 rings (SSSR count). The van der Waals surface area contributed by atoms with E-state index in [1.807, 2.05) is 0 Å². The third kappa shape index (κ3) is 5.06. The van der Waals surface area contributed by atoms with Gasteiger partial charge in [0.25, 0.3) is 0 Å². The van der Waals surface area contributed by atoms with Crippen LogP contribution in [0.15, 0.2) is 211 Å². The van der Waals surface area contributed by atoms with E-state index < -0.39 is 0 Å². The SMILES string of the molecule is CC1(C)C2=C(CC3C(=C2)N(c2ccc(-c4ccc(N(c5ccccc5)c5ccccc5)cc4)cc2)c2ccc4c5ccccc5c5ccccc5c4c23)c2ccccc21. The van der Waals surface area contributed by atoms with Crippen LogP contribution in [0.5, 0.6) is 0 Å². The normalized spacial score (nSPS) is 16.2. The number of allylic oxidation sites excluding steroid dienone is 4. The molecule has 59 heavy (non-hydrogen) atoms. The number of nitrogens with zero attached hydrogens (tertiary/aromatic N) is 2. The van der Waals surface area contributed by atoms with E-state index in [-0.39, 0.29) is 11.3 Å². The van der Waals surface area contributed by atoms with Gasteiger partial charge in [-0.1, -0.05) is 153 Å². The Hall–Kier alpha value is -7.16. The first-order valence-corrected chi connectivity index (χ1v) is 20.9. The van der Waals surface area contributed by atoms with Crippen LogP contribution < -0.4 is 9.80 Å². The minimum atomic E-state index is -0.0675. The molecule has 0 saturated carbocycles. The summed E-state index contributed by atoms with van der Waals surface area (Å²) in [5.74, 6) is 0.225. The molecule has 1 unspecified atom stereocenters. The second kappa shape index (κ2) is 12.9. The summed E-state index contributed by atoms with van der Waals surface area (Å²) in [4.78, 5) is 4.89. The van der Waals surface area contributed by atoms with Crippen molar-refractivity contribution >= 4 is 66.3 Å². The van der Waals surface area contributed by atoms with E-state index in [2.05, 4.69) is 224 Å². The Morgan fingerprint density at radius 3 is 1.64 bits per heavy atom. The zero-order valence-corrected chi connectivity index (χ0v) is 33.2. The molecule has 0 aromatic heterocycles. The quantitative estimate of drug-likeness (QED) is 0.161. The van der Waals surface area contributed by atoms with Crippen molar-refractivity contribution in [1.29, 1.82) is 0 Å². The van der Waals surface area contributed by atoms with E-state index >= 15 is 0 Å². The van der Waals surface area contributed by atoms with Crippen LogP contribution in [0.2, 0.25) is 0 Å². The molecule has 0 fully saturated rings. The molecule has 0 bridgehead atoms. The number of hydrogen-bond donors (Lipinski definition) is 0. The van der Waals surface area contributed by atoms with Gasteiger partial charge in [-0.05, 0) is 138 Å². The minimum absolute atomic E-state index is 0.0675. The molecule has 2 nitrogen and oxygen atoms in total. The van der Waals surface area contributed by atoms with Crippen molar-refractivity contribution in [1.82, 2.24) is 0 Å². The first-order chi connectivity index (χ1) is 29.0. The fourth-order valence-electron chi connectivity index (χ4n) is 10.7. The Kier molecular flexibility index (Phi) is 7.43. The zero-order chi connectivity index (χ0) is 39.2. The van der Waals surface area contributed by atoms with Gasteiger partial charge in [0.05, 0.1) is 5.69 Å². The Balaban J connectivity index is 0.996. The molecule has 0 saturated heterocycles. The van der Waals surface area contributed by atoms with Gasteiger partial charge in [0.1, 0.15) is 0 Å². The second-order valence-electron chi connectivity index (χ2n) is 16.8. The second-order valence-corrected chi connectivity index (χ2v) is 16.8. The average molecular weight is 755 g/mol. The number of hydrogen-bond acceptors (Lipinski definition) is 2. The molecule has 1 heterocycles. The van der Waals surface area contributed by atoms with Crippen LogP contribution in [-0.2, 0) is 5.41 Å². The summed E-state index contributed by atoms with van der Waals surface area (Å²) in [7, 11) is 0. The van der Waals surface area contributed by atoms with Crippen molar-refractivity contribution in [2.24, 2.45) is 0 Å². The van der Waals surface area contributed by atoms with Crippen molar-refractivity contribution in [2.45, 2.75) is 31.6 Å². The largest absolute Gasteiger partial charge is 0.313 e. The summed E-state index contributed by atoms with van der Waals surface area (Å²) < 4.78 is 0. The highest BCUT2D eigenvalue weighted by atomic mass is 15.2. The van der Waals surface area contributed by atoms with E-state index in [4.69, 9.17) is 0 Å². The fourth-order valence-corrected chi connectivity index (χ4v) is 10.7. The highest BCUT2D eigenvalue weighted by molar-refractivity contribution is 6.27. The first kappa shape index (κ1) is 33.9. The topological polar surface area (TPSA) is 6.48 Å². The van der Waals surface area contributed by atoms with Crippen LogP contribution in [0.25, 0.3) is 49.0 Å². The Bertz CT molecular complexity index is 3120. The van der Waals surface area contributed by atoms with Gasteiger partial charge in [-0.25, -0.2) is 0 Å². The summed E-state index contributed by atoms with van der Waals surface area (Å²) in [5, 5.41) is 8.02. The Morgan fingerprint density at radius 2 is 1.00 bits per heavy atom. The molecule has 1 atom stereocenters. The zero-order valence-electron chi connectivity index (χ0n) is 33.2.